The van der Waals surface area contributed by atoms with Crippen molar-refractivity contribution in [2.45, 2.75) is 19.5 Å². The van der Waals surface area contributed by atoms with Crippen LogP contribution in [-0.2, 0) is 14.3 Å². The number of hydrogen-bond donors (Lipinski definition) is 2. The molecule has 37 heavy (non-hydrogen) atoms. The number of benzodiazepines with no additional fused rings is 1. The molecular formula is C28H28N4O5. The zero-order valence-corrected chi connectivity index (χ0v) is 20.6. The fourth-order valence-electron chi connectivity index (χ4n) is 4.01. The van der Waals surface area contributed by atoms with Crippen molar-refractivity contribution in [2.75, 3.05) is 30.5 Å². The van der Waals surface area contributed by atoms with Crippen molar-refractivity contribution in [3.8, 4) is 5.75 Å². The largest absolute Gasteiger partial charge is 0.497 e. The van der Waals surface area contributed by atoms with Crippen LogP contribution in [0.3, 0.4) is 0 Å². The second-order valence-corrected chi connectivity index (χ2v) is 8.14. The smallest absolute Gasteiger partial charge is 0.321 e. The quantitative estimate of drug-likeness (QED) is 0.455. The summed E-state index contributed by atoms with van der Waals surface area (Å²) in [5.41, 5.74) is 3.14. The van der Waals surface area contributed by atoms with E-state index in [0.29, 0.717) is 28.4 Å². The summed E-state index contributed by atoms with van der Waals surface area (Å²) < 4.78 is 10.3. The lowest BCUT2D eigenvalue weighted by atomic mass is 10.0. The van der Waals surface area contributed by atoms with E-state index in [1.807, 2.05) is 48.5 Å². The molecule has 1 aliphatic heterocycles. The number of para-hydroxylation sites is 1. The first-order chi connectivity index (χ1) is 18.0. The van der Waals surface area contributed by atoms with E-state index in [0.717, 1.165) is 5.56 Å². The van der Waals surface area contributed by atoms with Crippen LogP contribution in [0, 0.1) is 0 Å². The normalized spacial score (nSPS) is 14.6. The van der Waals surface area contributed by atoms with Crippen LogP contribution in [0.15, 0.2) is 83.9 Å². The van der Waals surface area contributed by atoms with Gasteiger partial charge in [-0.3, -0.25) is 9.59 Å². The molecule has 1 aliphatic rings. The van der Waals surface area contributed by atoms with E-state index in [9.17, 15) is 14.4 Å². The maximum absolute atomic E-state index is 13.7. The number of carbonyl (C=O) groups excluding carboxylic acids is 3. The highest BCUT2D eigenvalue weighted by Crippen LogP contribution is 2.28. The summed E-state index contributed by atoms with van der Waals surface area (Å²) in [5.74, 6) is -0.307. The van der Waals surface area contributed by atoms with E-state index in [1.165, 1.54) is 12.0 Å². The van der Waals surface area contributed by atoms with Gasteiger partial charge in [0.15, 0.2) is 0 Å². The highest BCUT2D eigenvalue weighted by molar-refractivity contribution is 6.20. The van der Waals surface area contributed by atoms with Crippen molar-refractivity contribution < 1.29 is 23.9 Å². The molecule has 0 radical (unpaired) electrons. The zero-order valence-electron chi connectivity index (χ0n) is 20.6. The molecule has 1 atom stereocenters. The topological polar surface area (TPSA) is 109 Å². The Morgan fingerprint density at radius 1 is 1.00 bits per heavy atom. The summed E-state index contributed by atoms with van der Waals surface area (Å²) in [6, 6.07) is 23.0. The number of hydrogen-bond acceptors (Lipinski definition) is 6. The highest BCUT2D eigenvalue weighted by Gasteiger charge is 2.33. The molecule has 190 valence electrons. The molecule has 0 unspecified atom stereocenters. The van der Waals surface area contributed by atoms with Crippen LogP contribution >= 0.6 is 0 Å². The Labute approximate surface area is 215 Å². The maximum Gasteiger partial charge on any atom is 0.321 e. The van der Waals surface area contributed by atoms with Crippen molar-refractivity contribution in [2.24, 2.45) is 4.99 Å². The van der Waals surface area contributed by atoms with Gasteiger partial charge in [-0.05, 0) is 25.1 Å². The van der Waals surface area contributed by atoms with E-state index in [4.69, 9.17) is 14.5 Å². The third-order valence-corrected chi connectivity index (χ3v) is 5.70. The number of carbonyl (C=O) groups is 3. The number of nitrogens with zero attached hydrogens (tertiary/aromatic N) is 2. The maximum atomic E-state index is 13.7. The number of rotatable bonds is 8. The number of esters is 1. The number of aliphatic imine (C=N–C) groups is 1. The second-order valence-electron chi connectivity index (χ2n) is 8.14. The SMILES string of the molecule is CCOC(=O)CCN1C(=O)[C@H](NC(=O)Nc2cccc(OC)c2)N=C(c2ccccc2)c2ccccc21. The lowest BCUT2D eigenvalue weighted by Gasteiger charge is -2.25. The average Bonchev–Trinajstić information content (AvgIpc) is 3.02. The van der Waals surface area contributed by atoms with Gasteiger partial charge in [0, 0.05) is 29.4 Å². The van der Waals surface area contributed by atoms with E-state index in [2.05, 4.69) is 10.6 Å². The summed E-state index contributed by atoms with van der Waals surface area (Å²) >= 11 is 0. The molecule has 1 heterocycles. The summed E-state index contributed by atoms with van der Waals surface area (Å²) in [6.07, 6.45) is -1.24. The predicted molar refractivity (Wildman–Crippen MR) is 141 cm³/mol. The van der Waals surface area contributed by atoms with Crippen LogP contribution in [0.4, 0.5) is 16.2 Å². The Morgan fingerprint density at radius 2 is 1.76 bits per heavy atom. The first kappa shape index (κ1) is 25.4. The Morgan fingerprint density at radius 3 is 2.51 bits per heavy atom. The number of fused-ring (bicyclic) bond motifs is 1. The summed E-state index contributed by atoms with van der Waals surface area (Å²) in [6.45, 7) is 2.05. The third-order valence-electron chi connectivity index (χ3n) is 5.70. The summed E-state index contributed by atoms with van der Waals surface area (Å²) in [7, 11) is 1.53. The van der Waals surface area contributed by atoms with Crippen LogP contribution in [-0.4, -0.2) is 50.0 Å². The van der Waals surface area contributed by atoms with Crippen LogP contribution < -0.4 is 20.3 Å². The lowest BCUT2D eigenvalue weighted by molar-refractivity contribution is -0.142. The number of methoxy groups -OCH3 is 1. The number of nitrogens with one attached hydrogen (secondary N) is 2. The number of anilines is 2. The summed E-state index contributed by atoms with van der Waals surface area (Å²) in [5, 5.41) is 5.40. The molecule has 0 aliphatic carbocycles. The minimum atomic E-state index is -1.24. The van der Waals surface area contributed by atoms with E-state index in [1.54, 1.807) is 37.3 Å². The van der Waals surface area contributed by atoms with E-state index in [-0.39, 0.29) is 19.6 Å². The van der Waals surface area contributed by atoms with Gasteiger partial charge in [-0.2, -0.15) is 0 Å². The fraction of sp³-hybridized carbons (Fsp3) is 0.214. The minimum absolute atomic E-state index is 0.00267. The van der Waals surface area contributed by atoms with Gasteiger partial charge in [-0.15, -0.1) is 0 Å². The molecule has 3 aromatic rings. The summed E-state index contributed by atoms with van der Waals surface area (Å²) in [4.78, 5) is 45.0. The molecule has 9 heteroatoms. The average molecular weight is 501 g/mol. The van der Waals surface area contributed by atoms with Crippen LogP contribution in [0.1, 0.15) is 24.5 Å². The van der Waals surface area contributed by atoms with Gasteiger partial charge in [0.25, 0.3) is 5.91 Å². The zero-order chi connectivity index (χ0) is 26.2. The Kier molecular flexibility index (Phi) is 8.15. The molecule has 3 amide bonds. The Bertz CT molecular complexity index is 1310. The van der Waals surface area contributed by atoms with Gasteiger partial charge in [0.2, 0.25) is 6.17 Å². The van der Waals surface area contributed by atoms with Gasteiger partial charge >= 0.3 is 12.0 Å². The van der Waals surface area contributed by atoms with Crippen LogP contribution in [0.5, 0.6) is 5.75 Å². The number of ether oxygens (including phenoxy) is 2. The Hall–Kier alpha value is -4.66. The number of benzene rings is 3. The van der Waals surface area contributed by atoms with Crippen molar-refractivity contribution in [1.29, 1.82) is 0 Å². The molecule has 0 fully saturated rings. The van der Waals surface area contributed by atoms with Gasteiger partial charge in [-0.1, -0.05) is 54.6 Å². The lowest BCUT2D eigenvalue weighted by Crippen LogP contribution is -2.49. The number of amides is 3. The first-order valence-corrected chi connectivity index (χ1v) is 11.9. The van der Waals surface area contributed by atoms with Crippen molar-refractivity contribution >= 4 is 35.0 Å². The minimum Gasteiger partial charge on any atom is -0.497 e. The molecule has 3 aromatic carbocycles. The van der Waals surface area contributed by atoms with E-state index >= 15 is 0 Å². The molecular weight excluding hydrogens is 472 g/mol. The monoisotopic (exact) mass is 500 g/mol. The molecule has 0 saturated heterocycles. The van der Waals surface area contributed by atoms with Crippen molar-refractivity contribution in [1.82, 2.24) is 5.32 Å². The van der Waals surface area contributed by atoms with Crippen molar-refractivity contribution in [3.05, 3.63) is 90.0 Å². The van der Waals surface area contributed by atoms with Crippen LogP contribution in [0.2, 0.25) is 0 Å². The molecule has 9 nitrogen and oxygen atoms in total. The molecule has 0 bridgehead atoms. The molecule has 4 rings (SSSR count). The van der Waals surface area contributed by atoms with Gasteiger partial charge < -0.3 is 25.0 Å². The second kappa shape index (κ2) is 11.9. The fourth-order valence-corrected chi connectivity index (χ4v) is 4.01. The Balaban J connectivity index is 1.69. The molecule has 0 saturated carbocycles. The van der Waals surface area contributed by atoms with Crippen molar-refractivity contribution in [3.63, 3.8) is 0 Å². The van der Waals surface area contributed by atoms with Gasteiger partial charge in [0.1, 0.15) is 5.75 Å². The van der Waals surface area contributed by atoms with Crippen LogP contribution in [0.25, 0.3) is 0 Å². The first-order valence-electron chi connectivity index (χ1n) is 11.9. The predicted octanol–water partition coefficient (Wildman–Crippen LogP) is 3.98. The molecule has 0 spiro atoms. The molecule has 0 aromatic heterocycles. The van der Waals surface area contributed by atoms with Gasteiger partial charge in [-0.25, -0.2) is 9.79 Å². The number of urea groups is 1. The van der Waals surface area contributed by atoms with Gasteiger partial charge in [0.05, 0.1) is 31.5 Å². The van der Waals surface area contributed by atoms with E-state index < -0.39 is 24.1 Å². The third kappa shape index (κ3) is 6.13. The highest BCUT2D eigenvalue weighted by atomic mass is 16.5. The standard InChI is InChI=1S/C28H28N4O5/c1-3-37-24(33)16-17-32-23-15-8-7-14-22(23)25(19-10-5-4-6-11-19)30-26(27(32)34)31-28(35)29-20-12-9-13-21(18-20)36-2/h4-15,18,26H,3,16-17H2,1-2H3,(H2,29,31,35)/t26-/m0/s1. The molecule has 2 N–H and O–H groups in total.